The van der Waals surface area contributed by atoms with E-state index in [1.165, 1.54) is 0 Å². The van der Waals surface area contributed by atoms with Gasteiger partial charge in [-0.1, -0.05) is 6.42 Å². The van der Waals surface area contributed by atoms with E-state index >= 15 is 0 Å². The van der Waals surface area contributed by atoms with Gasteiger partial charge < -0.3 is 20.5 Å². The zero-order chi connectivity index (χ0) is 13.9. The Kier molecular flexibility index (Phi) is 3.78. The Morgan fingerprint density at radius 1 is 1.20 bits per heavy atom. The van der Waals surface area contributed by atoms with E-state index in [4.69, 9.17) is 15.2 Å². The molecule has 1 aromatic carbocycles. The third-order valence-electron chi connectivity index (χ3n) is 3.90. The molecule has 0 aromatic heterocycles. The van der Waals surface area contributed by atoms with Gasteiger partial charge in [-0.2, -0.15) is 0 Å². The molecule has 1 saturated carbocycles. The van der Waals surface area contributed by atoms with Crippen molar-refractivity contribution in [2.24, 2.45) is 11.7 Å². The SMILES string of the molecule is NC1CCCC(C(=O)Nc2ccc3c(c2)OCCO3)C1. The smallest absolute Gasteiger partial charge is 0.227 e. The molecule has 3 rings (SSSR count). The van der Waals surface area contributed by atoms with Gasteiger partial charge in [-0.3, -0.25) is 4.79 Å². The number of rotatable bonds is 2. The van der Waals surface area contributed by atoms with Gasteiger partial charge in [0.25, 0.3) is 0 Å². The predicted molar refractivity (Wildman–Crippen MR) is 76.0 cm³/mol. The normalized spacial score (nSPS) is 25.1. The third-order valence-corrected chi connectivity index (χ3v) is 3.90. The number of nitrogens with one attached hydrogen (secondary N) is 1. The zero-order valence-corrected chi connectivity index (χ0v) is 11.4. The van der Waals surface area contributed by atoms with Gasteiger partial charge in [-0.05, 0) is 31.4 Å². The summed E-state index contributed by atoms with van der Waals surface area (Å²) in [4.78, 5) is 12.2. The van der Waals surface area contributed by atoms with Crippen LogP contribution in [0.1, 0.15) is 25.7 Å². The van der Waals surface area contributed by atoms with Crippen molar-refractivity contribution in [1.82, 2.24) is 0 Å². The lowest BCUT2D eigenvalue weighted by Gasteiger charge is -2.26. The number of amides is 1. The van der Waals surface area contributed by atoms with Gasteiger partial charge in [0, 0.05) is 23.7 Å². The van der Waals surface area contributed by atoms with Gasteiger partial charge in [-0.15, -0.1) is 0 Å². The quantitative estimate of drug-likeness (QED) is 0.865. The van der Waals surface area contributed by atoms with E-state index < -0.39 is 0 Å². The van der Waals surface area contributed by atoms with Gasteiger partial charge in [-0.25, -0.2) is 0 Å². The van der Waals surface area contributed by atoms with Crippen LogP contribution in [0.4, 0.5) is 5.69 Å². The van der Waals surface area contributed by atoms with Crippen LogP contribution in [0.15, 0.2) is 18.2 Å². The maximum atomic E-state index is 12.2. The predicted octanol–water partition coefficient (Wildman–Crippen LogP) is 1.91. The average Bonchev–Trinajstić information content (AvgIpc) is 2.47. The van der Waals surface area contributed by atoms with E-state index in [1.54, 1.807) is 0 Å². The molecule has 0 spiro atoms. The lowest BCUT2D eigenvalue weighted by molar-refractivity contribution is -0.120. The van der Waals surface area contributed by atoms with Gasteiger partial charge in [0.15, 0.2) is 11.5 Å². The number of hydrogen-bond acceptors (Lipinski definition) is 4. The van der Waals surface area contributed by atoms with Crippen LogP contribution in [0.2, 0.25) is 0 Å². The van der Waals surface area contributed by atoms with Crippen LogP contribution in [-0.2, 0) is 4.79 Å². The molecule has 1 aromatic rings. The van der Waals surface area contributed by atoms with E-state index in [-0.39, 0.29) is 17.9 Å². The van der Waals surface area contributed by atoms with Crippen LogP contribution in [0.5, 0.6) is 11.5 Å². The van der Waals surface area contributed by atoms with Gasteiger partial charge in [0.05, 0.1) is 0 Å². The van der Waals surface area contributed by atoms with Crippen molar-refractivity contribution in [2.45, 2.75) is 31.7 Å². The van der Waals surface area contributed by atoms with E-state index in [9.17, 15) is 4.79 Å². The number of carbonyl (C=O) groups excluding carboxylic acids is 1. The van der Waals surface area contributed by atoms with Crippen molar-refractivity contribution < 1.29 is 14.3 Å². The number of benzene rings is 1. The van der Waals surface area contributed by atoms with E-state index in [0.717, 1.165) is 37.1 Å². The maximum Gasteiger partial charge on any atom is 0.227 e. The minimum Gasteiger partial charge on any atom is -0.486 e. The molecule has 2 atom stereocenters. The van der Waals surface area contributed by atoms with Crippen LogP contribution in [0, 0.1) is 5.92 Å². The highest BCUT2D eigenvalue weighted by Crippen LogP contribution is 2.33. The molecule has 0 bridgehead atoms. The molecule has 5 heteroatoms. The molecule has 1 fully saturated rings. The van der Waals surface area contributed by atoms with Crippen molar-refractivity contribution in [3.8, 4) is 11.5 Å². The molecule has 1 aliphatic carbocycles. The maximum absolute atomic E-state index is 12.2. The summed E-state index contributed by atoms with van der Waals surface area (Å²) in [6.45, 7) is 1.11. The summed E-state index contributed by atoms with van der Waals surface area (Å²) in [7, 11) is 0. The van der Waals surface area contributed by atoms with Crippen LogP contribution in [0.3, 0.4) is 0 Å². The first-order valence-electron chi connectivity index (χ1n) is 7.18. The molecule has 1 amide bonds. The van der Waals surface area contributed by atoms with Crippen molar-refractivity contribution in [3.05, 3.63) is 18.2 Å². The molecule has 3 N–H and O–H groups in total. The second-order valence-corrected chi connectivity index (χ2v) is 5.47. The second-order valence-electron chi connectivity index (χ2n) is 5.47. The first-order valence-corrected chi connectivity index (χ1v) is 7.18. The second kappa shape index (κ2) is 5.71. The van der Waals surface area contributed by atoms with Crippen molar-refractivity contribution in [3.63, 3.8) is 0 Å². The number of fused-ring (bicyclic) bond motifs is 1. The standard InChI is InChI=1S/C15H20N2O3/c16-11-3-1-2-10(8-11)15(18)17-12-4-5-13-14(9-12)20-7-6-19-13/h4-5,9-11H,1-3,6-8,16H2,(H,17,18). The summed E-state index contributed by atoms with van der Waals surface area (Å²) in [6.07, 6.45) is 3.74. The Labute approximate surface area is 118 Å². The summed E-state index contributed by atoms with van der Waals surface area (Å²) in [5.74, 6) is 1.49. The highest BCUT2D eigenvalue weighted by Gasteiger charge is 2.25. The van der Waals surface area contributed by atoms with Gasteiger partial charge in [0.1, 0.15) is 13.2 Å². The van der Waals surface area contributed by atoms with Crippen LogP contribution < -0.4 is 20.5 Å². The molecular formula is C15H20N2O3. The minimum absolute atomic E-state index is 0.0203. The molecule has 2 aliphatic rings. The van der Waals surface area contributed by atoms with E-state index in [2.05, 4.69) is 5.32 Å². The van der Waals surface area contributed by atoms with Gasteiger partial charge >= 0.3 is 0 Å². The first-order chi connectivity index (χ1) is 9.72. The average molecular weight is 276 g/mol. The topological polar surface area (TPSA) is 73.6 Å². The largest absolute Gasteiger partial charge is 0.486 e. The summed E-state index contributed by atoms with van der Waals surface area (Å²) >= 11 is 0. The number of hydrogen-bond donors (Lipinski definition) is 2. The molecule has 108 valence electrons. The molecule has 1 aliphatic heterocycles. The van der Waals surface area contributed by atoms with Crippen molar-refractivity contribution in [2.75, 3.05) is 18.5 Å². The Morgan fingerprint density at radius 2 is 2.00 bits per heavy atom. The molecular weight excluding hydrogens is 256 g/mol. The fourth-order valence-electron chi connectivity index (χ4n) is 2.83. The summed E-state index contributed by atoms with van der Waals surface area (Å²) in [5.41, 5.74) is 6.68. The molecule has 1 heterocycles. The Bertz CT molecular complexity index is 504. The fraction of sp³-hybridized carbons (Fsp3) is 0.533. The summed E-state index contributed by atoms with van der Waals surface area (Å²) in [5, 5.41) is 2.95. The number of nitrogens with two attached hydrogens (primary N) is 1. The summed E-state index contributed by atoms with van der Waals surface area (Å²) < 4.78 is 11.0. The Balaban J connectivity index is 1.66. The summed E-state index contributed by atoms with van der Waals surface area (Å²) in [6, 6.07) is 5.64. The fourth-order valence-corrected chi connectivity index (χ4v) is 2.83. The highest BCUT2D eigenvalue weighted by molar-refractivity contribution is 5.93. The van der Waals surface area contributed by atoms with Crippen LogP contribution in [0.25, 0.3) is 0 Å². The number of ether oxygens (including phenoxy) is 2. The van der Waals surface area contributed by atoms with Crippen molar-refractivity contribution >= 4 is 11.6 Å². The number of anilines is 1. The van der Waals surface area contributed by atoms with E-state index in [0.29, 0.717) is 19.0 Å². The van der Waals surface area contributed by atoms with Crippen LogP contribution in [-0.4, -0.2) is 25.2 Å². The minimum atomic E-state index is 0.0203. The molecule has 5 nitrogen and oxygen atoms in total. The molecule has 20 heavy (non-hydrogen) atoms. The Hall–Kier alpha value is -1.75. The van der Waals surface area contributed by atoms with Gasteiger partial charge in [0.2, 0.25) is 5.91 Å². The molecule has 2 unspecified atom stereocenters. The lowest BCUT2D eigenvalue weighted by atomic mass is 9.85. The monoisotopic (exact) mass is 276 g/mol. The zero-order valence-electron chi connectivity index (χ0n) is 11.4. The van der Waals surface area contributed by atoms with Crippen molar-refractivity contribution in [1.29, 1.82) is 0 Å². The van der Waals surface area contributed by atoms with Crippen LogP contribution >= 0.6 is 0 Å². The lowest BCUT2D eigenvalue weighted by Crippen LogP contribution is -2.34. The Morgan fingerprint density at radius 3 is 2.80 bits per heavy atom. The number of carbonyl (C=O) groups is 1. The highest BCUT2D eigenvalue weighted by atomic mass is 16.6. The molecule has 0 radical (unpaired) electrons. The molecule has 0 saturated heterocycles. The van der Waals surface area contributed by atoms with E-state index in [1.807, 2.05) is 18.2 Å². The first kappa shape index (κ1) is 13.2. The third kappa shape index (κ3) is 2.88.